The van der Waals surface area contributed by atoms with Crippen LogP contribution in [0.25, 0.3) is 0 Å². The van der Waals surface area contributed by atoms with Gasteiger partial charge in [0.1, 0.15) is 0 Å². The molecule has 0 spiro atoms. The van der Waals surface area contributed by atoms with E-state index in [4.69, 9.17) is 6.42 Å². The van der Waals surface area contributed by atoms with Crippen molar-refractivity contribution in [3.63, 3.8) is 0 Å². The summed E-state index contributed by atoms with van der Waals surface area (Å²) in [5, 5.41) is 0.123. The van der Waals surface area contributed by atoms with Crippen molar-refractivity contribution in [2.45, 2.75) is 25.9 Å². The Morgan fingerprint density at radius 3 is 1.57 bits per heavy atom. The zero-order valence-electron chi connectivity index (χ0n) is 10.7. The molecule has 0 amide bonds. The van der Waals surface area contributed by atoms with Crippen LogP contribution in [0.3, 0.4) is 0 Å². The second kappa shape index (κ2) is 4.96. The topological polar surface area (TPSA) is 0 Å². The summed E-state index contributed by atoms with van der Waals surface area (Å²) in [6, 6.07) is 0. The third-order valence-electron chi connectivity index (χ3n) is 2.79. The van der Waals surface area contributed by atoms with Gasteiger partial charge in [0.25, 0.3) is 0 Å². The molecule has 1 unspecified atom stereocenters. The molecule has 0 rings (SSSR count). The van der Waals surface area contributed by atoms with E-state index in [1.54, 1.807) is 0 Å². The predicted octanol–water partition coefficient (Wildman–Crippen LogP) is 3.89. The summed E-state index contributed by atoms with van der Waals surface area (Å²) in [6.07, 6.45) is 7.03. The van der Waals surface area contributed by atoms with E-state index >= 15 is 0 Å². The van der Waals surface area contributed by atoms with E-state index < -0.39 is 0 Å². The average molecular weight is 230 g/mol. The first-order valence-corrected chi connectivity index (χ1v) is 9.63. The van der Waals surface area contributed by atoms with Gasteiger partial charge in [-0.05, 0) is 38.2 Å². The van der Waals surface area contributed by atoms with Gasteiger partial charge in [-0.1, -0.05) is 34.6 Å². The van der Waals surface area contributed by atoms with Gasteiger partial charge in [0.05, 0.1) is 5.16 Å². The maximum absolute atomic E-state index is 5.82. The number of hydrogen-bond donors (Lipinski definition) is 0. The van der Waals surface area contributed by atoms with E-state index in [2.05, 4.69) is 53.4 Å². The van der Waals surface area contributed by atoms with Gasteiger partial charge in [-0.25, -0.2) is 0 Å². The first kappa shape index (κ1) is 14.4. The molecule has 0 aliphatic rings. The van der Waals surface area contributed by atoms with Crippen LogP contribution in [0.1, 0.15) is 20.8 Å². The third-order valence-corrected chi connectivity index (χ3v) is 6.63. The minimum absolute atomic E-state index is 0.0827. The van der Waals surface area contributed by atoms with Gasteiger partial charge in [0.15, 0.2) is 0 Å². The average Bonchev–Trinajstić information content (AvgIpc) is 1.96. The van der Waals surface area contributed by atoms with Crippen LogP contribution in [-0.4, -0.2) is 38.0 Å². The molecule has 0 aromatic rings. The van der Waals surface area contributed by atoms with Gasteiger partial charge < -0.3 is 0 Å². The smallest absolute Gasteiger partial charge is 0.0589 e. The van der Waals surface area contributed by atoms with Crippen molar-refractivity contribution >= 4 is 15.8 Å². The highest BCUT2D eigenvalue weighted by atomic mass is 31.1. The number of rotatable bonds is 3. The molecule has 1 atom stereocenters. The normalized spacial score (nSPS) is 16.9. The van der Waals surface area contributed by atoms with E-state index in [-0.39, 0.29) is 26.4 Å². The van der Waals surface area contributed by atoms with Crippen molar-refractivity contribution in [2.24, 2.45) is 5.41 Å². The molecule has 0 nitrogen and oxygen atoms in total. The van der Waals surface area contributed by atoms with Crippen molar-refractivity contribution in [1.29, 1.82) is 0 Å². The Bertz CT molecular complexity index is 217. The Hall–Kier alpha value is 0.420. The van der Waals surface area contributed by atoms with Crippen LogP contribution in [-0.2, 0) is 0 Å². The Morgan fingerprint density at radius 2 is 1.50 bits per heavy atom. The maximum Gasteiger partial charge on any atom is 0.0589 e. The van der Waals surface area contributed by atoms with Gasteiger partial charge in [-0.15, -0.1) is 14.3 Å². The van der Waals surface area contributed by atoms with E-state index in [9.17, 15) is 0 Å². The SMILES string of the molecule is C#CC(CP(C)C)(P(C)C)C(C)(C)C. The fraction of sp³-hybridized carbons (Fsp3) is 0.833. The lowest BCUT2D eigenvalue weighted by Gasteiger charge is -2.45. The maximum atomic E-state index is 5.82. The number of terminal acetylenes is 1. The summed E-state index contributed by atoms with van der Waals surface area (Å²) in [5.74, 6) is 3.13. The quantitative estimate of drug-likeness (QED) is 0.509. The molecule has 82 valence electrons. The monoisotopic (exact) mass is 230 g/mol. The largest absolute Gasteiger partial charge is 0.119 e. The summed E-state index contributed by atoms with van der Waals surface area (Å²) in [7, 11) is -0.00599. The third kappa shape index (κ3) is 2.95. The van der Waals surface area contributed by atoms with E-state index in [1.165, 1.54) is 6.16 Å². The molecule has 14 heavy (non-hydrogen) atoms. The van der Waals surface area contributed by atoms with Crippen LogP contribution in [0, 0.1) is 17.8 Å². The van der Waals surface area contributed by atoms with Crippen molar-refractivity contribution in [3.05, 3.63) is 0 Å². The van der Waals surface area contributed by atoms with Crippen molar-refractivity contribution in [1.82, 2.24) is 0 Å². The van der Waals surface area contributed by atoms with Crippen LogP contribution in [0.4, 0.5) is 0 Å². The first-order valence-electron chi connectivity index (χ1n) is 4.97. The van der Waals surface area contributed by atoms with Gasteiger partial charge in [-0.2, -0.15) is 0 Å². The van der Waals surface area contributed by atoms with Crippen molar-refractivity contribution < 1.29 is 0 Å². The zero-order valence-corrected chi connectivity index (χ0v) is 12.5. The highest BCUT2D eigenvalue weighted by molar-refractivity contribution is 7.61. The molecule has 0 N–H and O–H groups in total. The summed E-state index contributed by atoms with van der Waals surface area (Å²) in [5.41, 5.74) is 0.226. The highest BCUT2D eigenvalue weighted by Crippen LogP contribution is 2.57. The highest BCUT2D eigenvalue weighted by Gasteiger charge is 2.43. The van der Waals surface area contributed by atoms with Crippen LogP contribution < -0.4 is 0 Å². The molecule has 0 aromatic heterocycles. The van der Waals surface area contributed by atoms with Crippen LogP contribution in [0.2, 0.25) is 0 Å². The van der Waals surface area contributed by atoms with E-state index in [0.717, 1.165) is 0 Å². The molecule has 0 radical (unpaired) electrons. The first-order chi connectivity index (χ1) is 6.17. The molecule has 0 saturated heterocycles. The standard InChI is InChI=1S/C12H24P2/c1-9-12(14(7)8,10-13(5)6)11(2,3)4/h1H,10H2,2-8H3. The Balaban J connectivity index is 5.13. The fourth-order valence-electron chi connectivity index (χ4n) is 1.90. The molecule has 0 saturated carbocycles. The summed E-state index contributed by atoms with van der Waals surface area (Å²) >= 11 is 0. The molecule has 2 heteroatoms. The lowest BCUT2D eigenvalue weighted by molar-refractivity contribution is 0.355. The zero-order chi connectivity index (χ0) is 11.6. The summed E-state index contributed by atoms with van der Waals surface area (Å²) in [6.45, 7) is 16.1. The van der Waals surface area contributed by atoms with Gasteiger partial charge in [0, 0.05) is 0 Å². The van der Waals surface area contributed by atoms with Crippen molar-refractivity contribution in [3.8, 4) is 12.3 Å². The van der Waals surface area contributed by atoms with E-state index in [1.807, 2.05) is 0 Å². The minimum Gasteiger partial charge on any atom is -0.119 e. The summed E-state index contributed by atoms with van der Waals surface area (Å²) < 4.78 is 0. The molecule has 0 bridgehead atoms. The molecule has 0 fully saturated rings. The molecular formula is C12H24P2. The van der Waals surface area contributed by atoms with Gasteiger partial charge in [0.2, 0.25) is 0 Å². The minimum atomic E-state index is -0.0887. The Kier molecular flexibility index (Phi) is 5.11. The lowest BCUT2D eigenvalue weighted by atomic mass is 9.81. The number of hydrogen-bond acceptors (Lipinski definition) is 0. The summed E-state index contributed by atoms with van der Waals surface area (Å²) in [4.78, 5) is 0. The second-order valence-corrected chi connectivity index (χ2v) is 10.4. The molecule has 0 aromatic carbocycles. The second-order valence-electron chi connectivity index (χ2n) is 5.39. The Morgan fingerprint density at radius 1 is 1.07 bits per heavy atom. The predicted molar refractivity (Wildman–Crippen MR) is 73.4 cm³/mol. The Labute approximate surface area is 92.8 Å². The van der Waals surface area contributed by atoms with Crippen LogP contribution in [0.5, 0.6) is 0 Å². The lowest BCUT2D eigenvalue weighted by Crippen LogP contribution is -2.42. The molecule has 0 aliphatic carbocycles. The van der Waals surface area contributed by atoms with Crippen LogP contribution in [0.15, 0.2) is 0 Å². The van der Waals surface area contributed by atoms with Crippen molar-refractivity contribution in [2.75, 3.05) is 32.8 Å². The molecule has 0 heterocycles. The van der Waals surface area contributed by atoms with E-state index in [0.29, 0.717) is 0 Å². The van der Waals surface area contributed by atoms with Crippen LogP contribution >= 0.6 is 15.8 Å². The van der Waals surface area contributed by atoms with Gasteiger partial charge in [-0.3, -0.25) is 0 Å². The molecular weight excluding hydrogens is 206 g/mol. The van der Waals surface area contributed by atoms with Gasteiger partial charge >= 0.3 is 0 Å². The molecule has 0 aliphatic heterocycles. The fourth-order valence-corrected chi connectivity index (χ4v) is 6.96.